The standard InChI is InChI=1S/C17H24N4O2/c1-18-17(20-12-3-2-4-12)19-7-8-21-15(22)13-10-5-6-11(9-10)14(13)16(21)23/h5-6,10-14H,2-4,7-9H2,1H3,(H2,18,19,20). The highest BCUT2D eigenvalue weighted by Gasteiger charge is 2.58. The zero-order valence-corrected chi connectivity index (χ0v) is 13.5. The number of guanidine groups is 1. The summed E-state index contributed by atoms with van der Waals surface area (Å²) in [6.07, 6.45) is 8.87. The molecule has 1 aliphatic heterocycles. The van der Waals surface area contributed by atoms with Crippen LogP contribution >= 0.6 is 0 Å². The maximum Gasteiger partial charge on any atom is 0.233 e. The van der Waals surface area contributed by atoms with E-state index in [1.165, 1.54) is 24.2 Å². The summed E-state index contributed by atoms with van der Waals surface area (Å²) in [4.78, 5) is 30.8. The molecule has 0 spiro atoms. The minimum absolute atomic E-state index is 0.0283. The van der Waals surface area contributed by atoms with Gasteiger partial charge in [-0.2, -0.15) is 0 Å². The molecule has 6 heteroatoms. The van der Waals surface area contributed by atoms with Crippen molar-refractivity contribution in [3.8, 4) is 0 Å². The molecule has 4 aliphatic rings. The number of carbonyl (C=O) groups excluding carboxylic acids is 2. The van der Waals surface area contributed by atoms with E-state index in [9.17, 15) is 9.59 Å². The largest absolute Gasteiger partial charge is 0.355 e. The number of imide groups is 1. The van der Waals surface area contributed by atoms with E-state index in [0.717, 1.165) is 12.4 Å². The van der Waals surface area contributed by atoms with Crippen LogP contribution in [0.5, 0.6) is 0 Å². The number of aliphatic imine (C=N–C) groups is 1. The highest BCUT2D eigenvalue weighted by molar-refractivity contribution is 6.06. The first-order valence-electron chi connectivity index (χ1n) is 8.70. The van der Waals surface area contributed by atoms with E-state index in [0.29, 0.717) is 19.1 Å². The van der Waals surface area contributed by atoms with Gasteiger partial charge >= 0.3 is 0 Å². The Morgan fingerprint density at radius 3 is 2.39 bits per heavy atom. The molecule has 2 saturated carbocycles. The van der Waals surface area contributed by atoms with Gasteiger partial charge in [-0.05, 0) is 37.5 Å². The first-order chi connectivity index (χ1) is 11.2. The molecule has 0 aromatic carbocycles. The summed E-state index contributed by atoms with van der Waals surface area (Å²) in [6, 6.07) is 0.511. The fraction of sp³-hybridized carbons (Fsp3) is 0.706. The van der Waals surface area contributed by atoms with Crippen LogP contribution in [0.25, 0.3) is 0 Å². The van der Waals surface area contributed by atoms with Gasteiger partial charge in [0.1, 0.15) is 0 Å². The van der Waals surface area contributed by atoms with Gasteiger partial charge in [-0.1, -0.05) is 12.2 Å². The van der Waals surface area contributed by atoms with Gasteiger partial charge in [-0.15, -0.1) is 0 Å². The van der Waals surface area contributed by atoms with Gasteiger partial charge in [0.05, 0.1) is 11.8 Å². The Labute approximate surface area is 136 Å². The fourth-order valence-corrected chi connectivity index (χ4v) is 4.41. The van der Waals surface area contributed by atoms with Crippen molar-refractivity contribution < 1.29 is 9.59 Å². The number of allylic oxidation sites excluding steroid dienone is 2. The molecule has 4 rings (SSSR count). The van der Waals surface area contributed by atoms with E-state index in [2.05, 4.69) is 27.8 Å². The van der Waals surface area contributed by atoms with Crippen molar-refractivity contribution in [3.63, 3.8) is 0 Å². The number of hydrogen-bond donors (Lipinski definition) is 2. The first kappa shape index (κ1) is 14.7. The molecule has 0 radical (unpaired) electrons. The SMILES string of the molecule is CN=C(NCCN1C(=O)C2C3C=CC(C3)C2C1=O)NC1CCC1. The molecule has 124 valence electrons. The lowest BCUT2D eigenvalue weighted by Crippen LogP contribution is -2.48. The van der Waals surface area contributed by atoms with E-state index < -0.39 is 0 Å². The van der Waals surface area contributed by atoms with Crippen LogP contribution in [0, 0.1) is 23.7 Å². The van der Waals surface area contributed by atoms with Crippen LogP contribution in [0.2, 0.25) is 0 Å². The molecule has 1 saturated heterocycles. The molecule has 2 N–H and O–H groups in total. The van der Waals surface area contributed by atoms with Gasteiger partial charge in [-0.3, -0.25) is 19.5 Å². The molecule has 1 heterocycles. The molecular formula is C17H24N4O2. The minimum atomic E-state index is -0.0927. The van der Waals surface area contributed by atoms with Crippen LogP contribution in [-0.4, -0.2) is 48.9 Å². The smallest absolute Gasteiger partial charge is 0.233 e. The molecule has 3 fully saturated rings. The number of likely N-dealkylation sites (tertiary alicyclic amines) is 1. The Morgan fingerprint density at radius 1 is 1.22 bits per heavy atom. The average molecular weight is 316 g/mol. The number of rotatable bonds is 4. The lowest BCUT2D eigenvalue weighted by molar-refractivity contribution is -0.140. The number of amides is 2. The summed E-state index contributed by atoms with van der Waals surface area (Å²) < 4.78 is 0. The van der Waals surface area contributed by atoms with Crippen LogP contribution in [-0.2, 0) is 9.59 Å². The van der Waals surface area contributed by atoms with E-state index in [1.54, 1.807) is 7.05 Å². The second-order valence-electron chi connectivity index (χ2n) is 7.10. The minimum Gasteiger partial charge on any atom is -0.355 e. The summed E-state index contributed by atoms with van der Waals surface area (Å²) in [7, 11) is 1.74. The molecule has 4 atom stereocenters. The molecule has 6 nitrogen and oxygen atoms in total. The number of hydrogen-bond acceptors (Lipinski definition) is 3. The first-order valence-corrected chi connectivity index (χ1v) is 8.70. The van der Waals surface area contributed by atoms with Crippen LogP contribution in [0.1, 0.15) is 25.7 Å². The summed E-state index contributed by atoms with van der Waals surface area (Å²) in [5.41, 5.74) is 0. The van der Waals surface area contributed by atoms with Gasteiger partial charge in [0.25, 0.3) is 0 Å². The molecule has 0 aromatic heterocycles. The van der Waals surface area contributed by atoms with E-state index in [4.69, 9.17) is 0 Å². The molecular weight excluding hydrogens is 292 g/mol. The predicted molar refractivity (Wildman–Crippen MR) is 86.6 cm³/mol. The van der Waals surface area contributed by atoms with Crippen molar-refractivity contribution in [2.24, 2.45) is 28.7 Å². The van der Waals surface area contributed by atoms with Crippen LogP contribution in [0.15, 0.2) is 17.1 Å². The van der Waals surface area contributed by atoms with Crippen molar-refractivity contribution in [2.45, 2.75) is 31.7 Å². The quantitative estimate of drug-likeness (QED) is 0.343. The van der Waals surface area contributed by atoms with Gasteiger partial charge in [0, 0.05) is 26.2 Å². The van der Waals surface area contributed by atoms with Crippen molar-refractivity contribution >= 4 is 17.8 Å². The monoisotopic (exact) mass is 316 g/mol. The van der Waals surface area contributed by atoms with E-state index >= 15 is 0 Å². The van der Waals surface area contributed by atoms with Crippen molar-refractivity contribution in [2.75, 3.05) is 20.1 Å². The maximum absolute atomic E-state index is 12.6. The van der Waals surface area contributed by atoms with Gasteiger partial charge in [0.15, 0.2) is 5.96 Å². The summed E-state index contributed by atoms with van der Waals surface area (Å²) in [5.74, 6) is 1.20. The highest BCUT2D eigenvalue weighted by atomic mass is 16.2. The molecule has 2 amide bonds. The van der Waals surface area contributed by atoms with Gasteiger partial charge in [0.2, 0.25) is 11.8 Å². The molecule has 4 unspecified atom stereocenters. The Hall–Kier alpha value is -1.85. The topological polar surface area (TPSA) is 73.8 Å². The fourth-order valence-electron chi connectivity index (χ4n) is 4.41. The zero-order chi connectivity index (χ0) is 16.0. The van der Waals surface area contributed by atoms with Crippen molar-refractivity contribution in [3.05, 3.63) is 12.2 Å². The average Bonchev–Trinajstić information content (AvgIpc) is 3.17. The summed E-state index contributed by atoms with van der Waals surface area (Å²) in [6.45, 7) is 0.974. The second-order valence-corrected chi connectivity index (χ2v) is 7.10. The number of nitrogens with one attached hydrogen (secondary N) is 2. The maximum atomic E-state index is 12.6. The van der Waals surface area contributed by atoms with Crippen molar-refractivity contribution in [1.29, 1.82) is 0 Å². The van der Waals surface area contributed by atoms with Gasteiger partial charge < -0.3 is 10.6 Å². The molecule has 3 aliphatic carbocycles. The van der Waals surface area contributed by atoms with Gasteiger partial charge in [-0.25, -0.2) is 0 Å². The Kier molecular flexibility index (Phi) is 3.62. The van der Waals surface area contributed by atoms with Crippen molar-refractivity contribution in [1.82, 2.24) is 15.5 Å². The number of carbonyl (C=O) groups is 2. The second kappa shape index (κ2) is 5.65. The van der Waals surface area contributed by atoms with Crippen LogP contribution < -0.4 is 10.6 Å². The Morgan fingerprint density at radius 2 is 1.87 bits per heavy atom. The third-order valence-corrected chi connectivity index (χ3v) is 5.86. The zero-order valence-electron chi connectivity index (χ0n) is 13.5. The van der Waals surface area contributed by atoms with E-state index in [-0.39, 0.29) is 35.5 Å². The normalized spacial score (nSPS) is 35.7. The Bertz CT molecular complexity index is 551. The molecule has 23 heavy (non-hydrogen) atoms. The Balaban J connectivity index is 1.31. The number of nitrogens with zero attached hydrogens (tertiary/aromatic N) is 2. The molecule has 2 bridgehead atoms. The summed E-state index contributed by atoms with van der Waals surface area (Å²) in [5, 5.41) is 6.57. The number of fused-ring (bicyclic) bond motifs is 5. The highest BCUT2D eigenvalue weighted by Crippen LogP contribution is 2.52. The lowest BCUT2D eigenvalue weighted by Gasteiger charge is -2.28. The molecule has 0 aromatic rings. The third-order valence-electron chi connectivity index (χ3n) is 5.86. The third kappa shape index (κ3) is 2.35. The van der Waals surface area contributed by atoms with E-state index in [1.807, 2.05) is 0 Å². The predicted octanol–water partition coefficient (Wildman–Crippen LogP) is 0.511. The summed E-state index contributed by atoms with van der Waals surface area (Å²) >= 11 is 0. The van der Waals surface area contributed by atoms with Crippen LogP contribution in [0.4, 0.5) is 0 Å². The lowest BCUT2D eigenvalue weighted by atomic mass is 9.85. The van der Waals surface area contributed by atoms with Crippen LogP contribution in [0.3, 0.4) is 0 Å².